The van der Waals surface area contributed by atoms with Crippen molar-refractivity contribution in [2.24, 2.45) is 0 Å². The van der Waals surface area contributed by atoms with Gasteiger partial charge < -0.3 is 9.30 Å². The number of carbonyl (C=O) groups excluding carboxylic acids is 1. The molecule has 0 saturated carbocycles. The van der Waals surface area contributed by atoms with Crippen LogP contribution in [0.25, 0.3) is 0 Å². The highest BCUT2D eigenvalue weighted by Crippen LogP contribution is 2.22. The van der Waals surface area contributed by atoms with Crippen molar-refractivity contribution in [1.29, 1.82) is 0 Å². The minimum atomic E-state index is -4.83. The van der Waals surface area contributed by atoms with Crippen LogP contribution in [-0.2, 0) is 11.3 Å². The van der Waals surface area contributed by atoms with E-state index in [9.17, 15) is 18.0 Å². The fraction of sp³-hybridized carbons (Fsp3) is 0.643. The lowest BCUT2D eigenvalue weighted by molar-refractivity contribution is -0.0885. The summed E-state index contributed by atoms with van der Waals surface area (Å²) in [5.41, 5.74) is -0.334. The molecule has 0 spiro atoms. The average Bonchev–Trinajstić information content (AvgIpc) is 2.85. The second kappa shape index (κ2) is 6.19. The molecular weight excluding hydrogens is 285 g/mol. The van der Waals surface area contributed by atoms with Gasteiger partial charge in [0.25, 0.3) is 5.78 Å². The molecule has 1 aromatic rings. The van der Waals surface area contributed by atoms with Crippen LogP contribution < -0.4 is 0 Å². The zero-order chi connectivity index (χ0) is 15.6. The molecule has 0 amide bonds. The zero-order valence-corrected chi connectivity index (χ0v) is 12.1. The summed E-state index contributed by atoms with van der Waals surface area (Å²) < 4.78 is 44.3. The van der Waals surface area contributed by atoms with Gasteiger partial charge in [-0.2, -0.15) is 13.2 Å². The van der Waals surface area contributed by atoms with E-state index < -0.39 is 12.0 Å². The molecule has 1 saturated heterocycles. The first kappa shape index (κ1) is 16.0. The van der Waals surface area contributed by atoms with Gasteiger partial charge in [-0.1, -0.05) is 0 Å². The molecule has 0 aliphatic carbocycles. The summed E-state index contributed by atoms with van der Waals surface area (Å²) in [7, 11) is 0. The summed E-state index contributed by atoms with van der Waals surface area (Å²) >= 11 is 0. The topological polar surface area (TPSA) is 34.5 Å². The Bertz CT molecular complexity index is 497. The van der Waals surface area contributed by atoms with Crippen LogP contribution in [0.2, 0.25) is 0 Å². The number of alkyl halides is 3. The van der Waals surface area contributed by atoms with Crippen LogP contribution in [0.5, 0.6) is 0 Å². The summed E-state index contributed by atoms with van der Waals surface area (Å²) in [6, 6.07) is 1.60. The molecule has 0 N–H and O–H groups in total. The highest BCUT2D eigenvalue weighted by molar-refractivity contribution is 6.00. The Morgan fingerprint density at radius 2 is 2.19 bits per heavy atom. The third kappa shape index (κ3) is 4.07. The minimum Gasteiger partial charge on any atom is -0.374 e. The van der Waals surface area contributed by atoms with Gasteiger partial charge in [0.1, 0.15) is 0 Å². The van der Waals surface area contributed by atoms with Gasteiger partial charge in [-0.05, 0) is 19.9 Å². The monoisotopic (exact) mass is 304 g/mol. The highest BCUT2D eigenvalue weighted by atomic mass is 19.4. The van der Waals surface area contributed by atoms with Crippen LogP contribution in [-0.4, -0.2) is 53.3 Å². The van der Waals surface area contributed by atoms with E-state index in [1.807, 2.05) is 0 Å². The van der Waals surface area contributed by atoms with Crippen LogP contribution in [0.1, 0.15) is 24.2 Å². The average molecular weight is 304 g/mol. The summed E-state index contributed by atoms with van der Waals surface area (Å²) in [6.07, 6.45) is -2.20. The standard InChI is InChI=1S/C14H19F3N2O2/c1-10(2)19-5-6-21-12(9-19)8-18-4-3-11(7-18)13(20)14(15,16)17/h3-4,7,10,12H,5-6,8-9H2,1-2H3. The summed E-state index contributed by atoms with van der Waals surface area (Å²) in [6.45, 7) is 6.83. The lowest BCUT2D eigenvalue weighted by Gasteiger charge is -2.35. The Labute approximate surface area is 121 Å². The number of nitrogens with zero attached hydrogens (tertiary/aromatic N) is 2. The Kier molecular flexibility index (Phi) is 4.73. The number of ether oxygens (including phenoxy) is 1. The lowest BCUT2D eigenvalue weighted by Crippen LogP contribution is -2.47. The predicted octanol–water partition coefficient (Wildman–Crippen LogP) is 2.34. The first-order valence-electron chi connectivity index (χ1n) is 6.90. The van der Waals surface area contributed by atoms with Gasteiger partial charge >= 0.3 is 6.18 Å². The third-order valence-corrected chi connectivity index (χ3v) is 3.59. The molecule has 0 bridgehead atoms. The van der Waals surface area contributed by atoms with Crippen LogP contribution in [0, 0.1) is 0 Å². The van der Waals surface area contributed by atoms with E-state index in [2.05, 4.69) is 18.7 Å². The molecule has 118 valence electrons. The number of carbonyl (C=O) groups is 1. The van der Waals surface area contributed by atoms with E-state index >= 15 is 0 Å². The Morgan fingerprint density at radius 3 is 2.81 bits per heavy atom. The molecule has 7 heteroatoms. The first-order valence-corrected chi connectivity index (χ1v) is 6.90. The van der Waals surface area contributed by atoms with Gasteiger partial charge in [-0.15, -0.1) is 0 Å². The van der Waals surface area contributed by atoms with Crippen molar-refractivity contribution in [3.8, 4) is 0 Å². The fourth-order valence-corrected chi connectivity index (χ4v) is 2.41. The second-order valence-electron chi connectivity index (χ2n) is 5.51. The number of hydrogen-bond donors (Lipinski definition) is 0. The number of aromatic nitrogens is 1. The van der Waals surface area contributed by atoms with Gasteiger partial charge in [-0.3, -0.25) is 9.69 Å². The van der Waals surface area contributed by atoms with Gasteiger partial charge in [-0.25, -0.2) is 0 Å². The molecule has 0 aromatic carbocycles. The molecular formula is C14H19F3N2O2. The Balaban J connectivity index is 1.98. The van der Waals surface area contributed by atoms with E-state index in [1.54, 1.807) is 4.57 Å². The zero-order valence-electron chi connectivity index (χ0n) is 12.1. The van der Waals surface area contributed by atoms with Crippen molar-refractivity contribution in [3.05, 3.63) is 24.0 Å². The maximum Gasteiger partial charge on any atom is 0.454 e. The highest BCUT2D eigenvalue weighted by Gasteiger charge is 2.39. The fourth-order valence-electron chi connectivity index (χ4n) is 2.41. The Morgan fingerprint density at radius 1 is 1.48 bits per heavy atom. The van der Waals surface area contributed by atoms with Gasteiger partial charge in [0, 0.05) is 43.6 Å². The lowest BCUT2D eigenvalue weighted by atomic mass is 10.2. The molecule has 1 fully saturated rings. The molecule has 1 unspecified atom stereocenters. The molecule has 1 atom stereocenters. The summed E-state index contributed by atoms with van der Waals surface area (Å²) in [4.78, 5) is 13.4. The maximum atomic E-state index is 12.4. The molecule has 4 nitrogen and oxygen atoms in total. The normalized spacial score (nSPS) is 21.0. The largest absolute Gasteiger partial charge is 0.454 e. The quantitative estimate of drug-likeness (QED) is 0.801. The van der Waals surface area contributed by atoms with Crippen molar-refractivity contribution < 1.29 is 22.7 Å². The van der Waals surface area contributed by atoms with Crippen LogP contribution in [0.4, 0.5) is 13.2 Å². The number of ketones is 1. The molecule has 1 aliphatic heterocycles. The number of Topliss-reactive ketones (excluding diaryl/α,β-unsaturated/α-hetero) is 1. The van der Waals surface area contributed by atoms with Crippen molar-refractivity contribution in [3.63, 3.8) is 0 Å². The first-order chi connectivity index (χ1) is 9.77. The smallest absolute Gasteiger partial charge is 0.374 e. The number of morpholine rings is 1. The van der Waals surface area contributed by atoms with E-state index in [0.717, 1.165) is 13.1 Å². The van der Waals surface area contributed by atoms with Gasteiger partial charge in [0.15, 0.2) is 0 Å². The predicted molar refractivity (Wildman–Crippen MR) is 71.3 cm³/mol. The van der Waals surface area contributed by atoms with Crippen LogP contribution in [0.3, 0.4) is 0 Å². The van der Waals surface area contributed by atoms with E-state index in [0.29, 0.717) is 19.2 Å². The van der Waals surface area contributed by atoms with Crippen molar-refractivity contribution in [2.45, 2.75) is 38.7 Å². The molecule has 0 radical (unpaired) electrons. The summed E-state index contributed by atoms with van der Waals surface area (Å²) in [5.74, 6) is -1.81. The minimum absolute atomic E-state index is 0.0811. The number of rotatable bonds is 4. The molecule has 1 aromatic heterocycles. The molecule has 2 heterocycles. The van der Waals surface area contributed by atoms with Gasteiger partial charge in [0.2, 0.25) is 0 Å². The van der Waals surface area contributed by atoms with Crippen molar-refractivity contribution in [1.82, 2.24) is 9.47 Å². The van der Waals surface area contributed by atoms with Crippen LogP contribution in [0.15, 0.2) is 18.5 Å². The molecule has 21 heavy (non-hydrogen) atoms. The molecule has 2 rings (SSSR count). The van der Waals surface area contributed by atoms with E-state index in [4.69, 9.17) is 4.74 Å². The number of hydrogen-bond acceptors (Lipinski definition) is 3. The second-order valence-corrected chi connectivity index (χ2v) is 5.51. The molecule has 1 aliphatic rings. The number of halogens is 3. The SMILES string of the molecule is CC(C)N1CCOC(Cn2ccc(C(=O)C(F)(F)F)c2)C1. The van der Waals surface area contributed by atoms with Crippen molar-refractivity contribution in [2.75, 3.05) is 19.7 Å². The van der Waals surface area contributed by atoms with E-state index in [1.165, 1.54) is 18.5 Å². The summed E-state index contributed by atoms with van der Waals surface area (Å²) in [5, 5.41) is 0. The van der Waals surface area contributed by atoms with E-state index in [-0.39, 0.29) is 11.7 Å². The van der Waals surface area contributed by atoms with Gasteiger partial charge in [0.05, 0.1) is 12.7 Å². The van der Waals surface area contributed by atoms with Crippen molar-refractivity contribution >= 4 is 5.78 Å². The third-order valence-electron chi connectivity index (χ3n) is 3.59. The van der Waals surface area contributed by atoms with Crippen LogP contribution >= 0.6 is 0 Å². The maximum absolute atomic E-state index is 12.4. The Hall–Kier alpha value is -1.34.